The van der Waals surface area contributed by atoms with Crippen molar-refractivity contribution in [2.75, 3.05) is 0 Å². The predicted octanol–water partition coefficient (Wildman–Crippen LogP) is 1.16. The monoisotopic (exact) mass is 236 g/mol. The number of nitrogens with zero attached hydrogens (tertiary/aromatic N) is 2. The van der Waals surface area contributed by atoms with Gasteiger partial charge in [0.05, 0.1) is 18.3 Å². The van der Waals surface area contributed by atoms with Crippen molar-refractivity contribution in [1.82, 2.24) is 9.55 Å². The third-order valence-corrected chi connectivity index (χ3v) is 3.88. The van der Waals surface area contributed by atoms with Crippen molar-refractivity contribution >= 4 is 5.97 Å². The summed E-state index contributed by atoms with van der Waals surface area (Å²) in [6, 6.07) is 0. The Balaban J connectivity index is 2.06. The van der Waals surface area contributed by atoms with Crippen molar-refractivity contribution in [2.45, 2.75) is 50.7 Å². The first-order chi connectivity index (χ1) is 8.16. The second kappa shape index (κ2) is 3.84. The first kappa shape index (κ1) is 10.8. The number of carbonyl (C=O) groups is 1. The lowest BCUT2D eigenvalue weighted by Crippen LogP contribution is -2.27. The molecular weight excluding hydrogens is 220 g/mol. The zero-order chi connectivity index (χ0) is 12.0. The van der Waals surface area contributed by atoms with E-state index in [4.69, 9.17) is 5.11 Å². The first-order valence-electron chi connectivity index (χ1n) is 6.17. The summed E-state index contributed by atoms with van der Waals surface area (Å²) in [5.74, 6) is 0.324. The Morgan fingerprint density at radius 1 is 1.35 bits per heavy atom. The zero-order valence-electron chi connectivity index (χ0n) is 9.59. The number of aromatic nitrogens is 2. The highest BCUT2D eigenvalue weighted by Crippen LogP contribution is 2.37. The van der Waals surface area contributed by atoms with E-state index >= 15 is 0 Å². The van der Waals surface area contributed by atoms with E-state index in [2.05, 4.69) is 4.98 Å². The molecule has 1 aromatic rings. The number of hydrogen-bond donors (Lipinski definition) is 2. The van der Waals surface area contributed by atoms with Crippen LogP contribution in [0.4, 0.5) is 0 Å². The fourth-order valence-corrected chi connectivity index (χ4v) is 2.72. The zero-order valence-corrected chi connectivity index (χ0v) is 9.59. The fraction of sp³-hybridized carbons (Fsp3) is 0.667. The number of aliphatic hydroxyl groups excluding tert-OH is 1. The number of hydrogen-bond acceptors (Lipinski definition) is 3. The van der Waals surface area contributed by atoms with Crippen LogP contribution in [0, 0.1) is 0 Å². The molecule has 5 nitrogen and oxygen atoms in total. The van der Waals surface area contributed by atoms with Crippen LogP contribution in [-0.2, 0) is 13.0 Å². The molecule has 0 bridgehead atoms. The van der Waals surface area contributed by atoms with Crippen LogP contribution < -0.4 is 0 Å². The molecule has 1 fully saturated rings. The highest BCUT2D eigenvalue weighted by Gasteiger charge is 2.32. The molecule has 0 aromatic carbocycles. The molecule has 92 valence electrons. The quantitative estimate of drug-likeness (QED) is 0.807. The van der Waals surface area contributed by atoms with E-state index in [9.17, 15) is 9.90 Å². The largest absolute Gasteiger partial charge is 0.476 e. The lowest BCUT2D eigenvalue weighted by atomic mass is 9.84. The summed E-state index contributed by atoms with van der Waals surface area (Å²) in [6.45, 7) is 0.501. The van der Waals surface area contributed by atoms with Gasteiger partial charge in [0.25, 0.3) is 0 Å². The fourth-order valence-electron chi connectivity index (χ4n) is 2.72. The van der Waals surface area contributed by atoms with E-state index in [1.807, 2.05) is 4.57 Å². The normalized spacial score (nSPS) is 24.2. The summed E-state index contributed by atoms with van der Waals surface area (Å²) in [5.41, 5.74) is 0.989. The Morgan fingerprint density at radius 2 is 2.12 bits per heavy atom. The van der Waals surface area contributed by atoms with Crippen LogP contribution in [0.25, 0.3) is 0 Å². The standard InChI is InChI=1S/C12H16N2O3/c15-8-4-5-9-10(12(16)17)13-11(14(9)6-8)7-2-1-3-7/h7-8,15H,1-6H2,(H,16,17). The molecule has 1 aliphatic heterocycles. The Morgan fingerprint density at radius 3 is 2.71 bits per heavy atom. The van der Waals surface area contributed by atoms with Gasteiger partial charge in [0, 0.05) is 5.92 Å². The van der Waals surface area contributed by atoms with E-state index < -0.39 is 5.97 Å². The van der Waals surface area contributed by atoms with Gasteiger partial charge in [-0.2, -0.15) is 0 Å². The van der Waals surface area contributed by atoms with E-state index in [0.29, 0.717) is 25.3 Å². The van der Waals surface area contributed by atoms with E-state index in [0.717, 1.165) is 24.4 Å². The maximum Gasteiger partial charge on any atom is 0.356 e. The highest BCUT2D eigenvalue weighted by atomic mass is 16.4. The molecule has 2 N–H and O–H groups in total. The van der Waals surface area contributed by atoms with Crippen LogP contribution in [0.2, 0.25) is 0 Å². The summed E-state index contributed by atoms with van der Waals surface area (Å²) < 4.78 is 1.95. The molecule has 1 saturated carbocycles. The molecule has 1 aromatic heterocycles. The number of carboxylic acids is 1. The van der Waals surface area contributed by atoms with Gasteiger partial charge in [0.2, 0.25) is 0 Å². The van der Waals surface area contributed by atoms with Crippen molar-refractivity contribution in [3.05, 3.63) is 17.2 Å². The van der Waals surface area contributed by atoms with Gasteiger partial charge in [-0.3, -0.25) is 0 Å². The smallest absolute Gasteiger partial charge is 0.356 e. The second-order valence-electron chi connectivity index (χ2n) is 5.00. The van der Waals surface area contributed by atoms with Crippen LogP contribution in [0.5, 0.6) is 0 Å². The van der Waals surface area contributed by atoms with Gasteiger partial charge in [-0.25, -0.2) is 9.78 Å². The van der Waals surface area contributed by atoms with E-state index in [1.165, 1.54) is 6.42 Å². The molecule has 0 spiro atoms. The summed E-state index contributed by atoms with van der Waals surface area (Å²) in [6.07, 6.45) is 4.25. The van der Waals surface area contributed by atoms with Crippen molar-refractivity contribution in [1.29, 1.82) is 0 Å². The second-order valence-corrected chi connectivity index (χ2v) is 5.00. The molecule has 1 atom stereocenters. The van der Waals surface area contributed by atoms with Crippen LogP contribution in [0.3, 0.4) is 0 Å². The predicted molar refractivity (Wildman–Crippen MR) is 60.1 cm³/mol. The minimum absolute atomic E-state index is 0.193. The summed E-state index contributed by atoms with van der Waals surface area (Å²) in [4.78, 5) is 15.5. The van der Waals surface area contributed by atoms with Gasteiger partial charge in [-0.05, 0) is 25.7 Å². The lowest BCUT2D eigenvalue weighted by Gasteiger charge is -2.28. The molecule has 2 heterocycles. The maximum absolute atomic E-state index is 11.2. The van der Waals surface area contributed by atoms with Crippen LogP contribution in [0.1, 0.15) is 53.6 Å². The molecule has 3 rings (SSSR count). The number of aliphatic hydroxyl groups is 1. The van der Waals surface area contributed by atoms with Crippen LogP contribution in [0.15, 0.2) is 0 Å². The topological polar surface area (TPSA) is 75.3 Å². The van der Waals surface area contributed by atoms with Gasteiger partial charge in [0.15, 0.2) is 5.69 Å². The molecule has 0 saturated heterocycles. The molecule has 17 heavy (non-hydrogen) atoms. The summed E-state index contributed by atoms with van der Waals surface area (Å²) in [5, 5.41) is 18.9. The minimum Gasteiger partial charge on any atom is -0.476 e. The number of imidazole rings is 1. The number of aromatic carboxylic acids is 1. The van der Waals surface area contributed by atoms with E-state index in [-0.39, 0.29) is 11.8 Å². The van der Waals surface area contributed by atoms with Gasteiger partial charge in [-0.15, -0.1) is 0 Å². The van der Waals surface area contributed by atoms with Crippen LogP contribution >= 0.6 is 0 Å². The van der Waals surface area contributed by atoms with Crippen molar-refractivity contribution in [2.24, 2.45) is 0 Å². The Bertz CT molecular complexity index is 463. The van der Waals surface area contributed by atoms with Crippen LogP contribution in [-0.4, -0.2) is 31.8 Å². The van der Waals surface area contributed by atoms with Crippen molar-refractivity contribution < 1.29 is 15.0 Å². The average Bonchev–Trinajstić information content (AvgIpc) is 2.55. The SMILES string of the molecule is O=C(O)c1nc(C2CCC2)n2c1CCC(O)C2. The summed E-state index contributed by atoms with van der Waals surface area (Å²) in [7, 11) is 0. The number of fused-ring (bicyclic) bond motifs is 1. The molecular formula is C12H16N2O3. The molecule has 2 aliphatic rings. The first-order valence-corrected chi connectivity index (χ1v) is 6.17. The van der Waals surface area contributed by atoms with Gasteiger partial charge >= 0.3 is 5.97 Å². The maximum atomic E-state index is 11.2. The highest BCUT2D eigenvalue weighted by molar-refractivity contribution is 5.87. The Kier molecular flexibility index (Phi) is 2.43. The Hall–Kier alpha value is -1.36. The number of rotatable bonds is 2. The molecule has 1 unspecified atom stereocenters. The van der Waals surface area contributed by atoms with Crippen molar-refractivity contribution in [3.8, 4) is 0 Å². The minimum atomic E-state index is -0.948. The van der Waals surface area contributed by atoms with Crippen molar-refractivity contribution in [3.63, 3.8) is 0 Å². The van der Waals surface area contributed by atoms with Gasteiger partial charge < -0.3 is 14.8 Å². The molecule has 0 amide bonds. The molecule has 1 aliphatic carbocycles. The third kappa shape index (κ3) is 1.65. The third-order valence-electron chi connectivity index (χ3n) is 3.88. The van der Waals surface area contributed by atoms with Gasteiger partial charge in [-0.1, -0.05) is 6.42 Å². The average molecular weight is 236 g/mol. The number of carboxylic acid groups (broad SMARTS) is 1. The lowest BCUT2D eigenvalue weighted by molar-refractivity contribution is 0.0686. The van der Waals surface area contributed by atoms with Gasteiger partial charge in [0.1, 0.15) is 5.82 Å². The van der Waals surface area contributed by atoms with E-state index in [1.54, 1.807) is 0 Å². The summed E-state index contributed by atoms with van der Waals surface area (Å²) >= 11 is 0. The Labute approximate surface area is 99.1 Å². The molecule has 0 radical (unpaired) electrons. The molecule has 5 heteroatoms.